The molecule has 0 spiro atoms. The highest BCUT2D eigenvalue weighted by atomic mass is 32.2. The minimum Gasteiger partial charge on any atom is -0.465 e. The zero-order valence-corrected chi connectivity index (χ0v) is 34.6. The van der Waals surface area contributed by atoms with Gasteiger partial charge < -0.3 is 38.7 Å². The van der Waals surface area contributed by atoms with Gasteiger partial charge in [0.25, 0.3) is 5.56 Å². The van der Waals surface area contributed by atoms with Gasteiger partial charge in [-0.15, -0.1) is 0 Å². The number of carbonyl (C=O) groups is 4. The second-order valence-corrected chi connectivity index (χ2v) is 14.6. The molecule has 330 valence electrons. The monoisotopic (exact) mass is 884 g/mol. The smallest absolute Gasteiger partial charge is 0.465 e. The Morgan fingerprint density at radius 3 is 1.51 bits per heavy atom. The van der Waals surface area contributed by atoms with Gasteiger partial charge >= 0.3 is 39.8 Å². The number of hydrogen-bond donors (Lipinski definition) is 3. The van der Waals surface area contributed by atoms with E-state index in [1.807, 2.05) is 13.8 Å². The van der Waals surface area contributed by atoms with Gasteiger partial charge in [0, 0.05) is 27.9 Å². The minimum atomic E-state index is -6.19. The average Bonchev–Trinajstić information content (AvgIpc) is 3.21. The number of rotatable bonds is 12. The van der Waals surface area contributed by atoms with Crippen LogP contribution >= 0.6 is 0 Å². The predicted molar refractivity (Wildman–Crippen MR) is 207 cm³/mol. The lowest BCUT2D eigenvalue weighted by Gasteiger charge is -2.22. The molecule has 0 atom stereocenters. The summed E-state index contributed by atoms with van der Waals surface area (Å²) in [6.45, 7) is 5.86. The van der Waals surface area contributed by atoms with E-state index >= 15 is 0 Å². The Hall–Kier alpha value is -6.58. The number of aromatic nitrogens is 2. The number of benzene rings is 2. The molecule has 2 aromatic heterocycles. The Kier molecular flexibility index (Phi) is 16.5. The maximum absolute atomic E-state index is 13.6. The average molecular weight is 885 g/mol. The second-order valence-electron chi connectivity index (χ2n) is 13.1. The molecule has 0 saturated heterocycles. The molecule has 0 radical (unpaired) electrons. The minimum absolute atomic E-state index is 0.0852. The molecule has 22 heteroatoms. The van der Waals surface area contributed by atoms with Crippen LogP contribution in [0.1, 0.15) is 82.8 Å². The normalized spacial score (nSPS) is 11.3. The number of alkyl carbamates (subject to hydrolysis) is 2. The number of carbonyl (C=O) groups excluding carboxylic acids is 4. The molecule has 0 aliphatic carbocycles. The summed E-state index contributed by atoms with van der Waals surface area (Å²) in [7, 11) is -1.69. The van der Waals surface area contributed by atoms with Gasteiger partial charge in [-0.3, -0.25) is 4.79 Å². The summed E-state index contributed by atoms with van der Waals surface area (Å²) in [4.78, 5) is 67.6. The Labute approximate surface area is 345 Å². The first-order chi connectivity index (χ1) is 28.5. The van der Waals surface area contributed by atoms with Crippen LogP contribution in [0.3, 0.4) is 0 Å². The molecule has 0 aliphatic rings. The summed E-state index contributed by atoms with van der Waals surface area (Å²) in [6.07, 6.45) is -1.76. The number of pyridine rings is 2. The summed E-state index contributed by atoms with van der Waals surface area (Å²) >= 11 is 0. The lowest BCUT2D eigenvalue weighted by Crippen LogP contribution is -2.30. The van der Waals surface area contributed by atoms with Gasteiger partial charge in [0.05, 0.1) is 58.3 Å². The van der Waals surface area contributed by atoms with Crippen LogP contribution in [0.15, 0.2) is 53.3 Å². The molecule has 16 nitrogen and oxygen atoms in total. The van der Waals surface area contributed by atoms with Crippen molar-refractivity contribution in [2.75, 3.05) is 28.4 Å². The molecule has 0 unspecified atom stereocenters. The summed E-state index contributed by atoms with van der Waals surface area (Å²) in [6, 6.07) is 9.79. The van der Waals surface area contributed by atoms with Gasteiger partial charge in [0.1, 0.15) is 11.6 Å². The Balaban J connectivity index is 0.000000334. The number of alkyl halides is 3. The maximum atomic E-state index is 13.6. The molecule has 2 aromatic carbocycles. The predicted octanol–water partition coefficient (Wildman–Crippen LogP) is 6.83. The first-order valence-corrected chi connectivity index (χ1v) is 19.1. The summed E-state index contributed by atoms with van der Waals surface area (Å²) < 4.78 is 113. The van der Waals surface area contributed by atoms with Crippen LogP contribution in [0.2, 0.25) is 0 Å². The fraction of sp³-hybridized carbons (Fsp3) is 0.333. The number of esters is 2. The third kappa shape index (κ3) is 11.8. The molecule has 0 fully saturated rings. The largest absolute Gasteiger partial charge is 0.534 e. The number of H-pyrrole nitrogens is 1. The van der Waals surface area contributed by atoms with E-state index in [9.17, 15) is 54.3 Å². The molecule has 2 heterocycles. The molecule has 0 saturated carbocycles. The van der Waals surface area contributed by atoms with Crippen LogP contribution < -0.4 is 20.4 Å². The van der Waals surface area contributed by atoms with Crippen molar-refractivity contribution in [1.82, 2.24) is 20.6 Å². The third-order valence-electron chi connectivity index (χ3n) is 8.46. The fourth-order valence-electron chi connectivity index (χ4n) is 5.64. The number of hydrogen-bond acceptors (Lipinski definition) is 13. The third-order valence-corrected chi connectivity index (χ3v) is 9.41. The number of amides is 2. The SMILES string of the molecule is COC(=O)NCc1c(-c2ccc(F)cc2)c(C(=O)OC)c(C(C)C)[nH]c1=O.COC(=O)NCc1c(OS(=O)(=O)C(F)(F)F)nc(C(C)C)c(C(=O)OC)c1-c1ccc(F)cc1. The highest BCUT2D eigenvalue weighted by Gasteiger charge is 2.49. The van der Waals surface area contributed by atoms with E-state index in [-0.39, 0.29) is 51.5 Å². The molecule has 2 amide bonds. The Bertz CT molecular complexity index is 2420. The van der Waals surface area contributed by atoms with Crippen LogP contribution in [-0.4, -0.2) is 76.5 Å². The van der Waals surface area contributed by atoms with Gasteiger partial charge in [0.2, 0.25) is 5.88 Å². The molecule has 0 aliphatic heterocycles. The number of methoxy groups -OCH3 is 4. The van der Waals surface area contributed by atoms with Crippen LogP contribution in [-0.2, 0) is 42.2 Å². The number of aromatic amines is 1. The van der Waals surface area contributed by atoms with Crippen LogP contribution in [0.4, 0.5) is 31.5 Å². The van der Waals surface area contributed by atoms with Crippen LogP contribution in [0, 0.1) is 11.6 Å². The van der Waals surface area contributed by atoms with Crippen molar-refractivity contribution in [2.24, 2.45) is 0 Å². The van der Waals surface area contributed by atoms with Gasteiger partial charge in [-0.25, -0.2) is 32.9 Å². The molecule has 61 heavy (non-hydrogen) atoms. The molecular weight excluding hydrogens is 844 g/mol. The van der Waals surface area contributed by atoms with E-state index in [4.69, 9.17) is 9.47 Å². The number of ether oxygens (including phenoxy) is 4. The lowest BCUT2D eigenvalue weighted by molar-refractivity contribution is -0.0501. The summed E-state index contributed by atoms with van der Waals surface area (Å²) in [5.74, 6) is -4.58. The van der Waals surface area contributed by atoms with Crippen molar-refractivity contribution >= 4 is 34.2 Å². The Morgan fingerprint density at radius 1 is 0.689 bits per heavy atom. The number of nitrogens with zero attached hydrogens (tertiary/aromatic N) is 1. The topological polar surface area (TPSA) is 218 Å². The summed E-state index contributed by atoms with van der Waals surface area (Å²) in [5, 5.41) is 4.62. The van der Waals surface area contributed by atoms with Crippen molar-refractivity contribution < 1.29 is 72.7 Å². The van der Waals surface area contributed by atoms with E-state index in [1.54, 1.807) is 0 Å². The first kappa shape index (κ1) is 48.8. The van der Waals surface area contributed by atoms with E-state index in [2.05, 4.69) is 34.3 Å². The van der Waals surface area contributed by atoms with Gasteiger partial charge in [0.15, 0.2) is 0 Å². The van der Waals surface area contributed by atoms with Crippen molar-refractivity contribution in [3.63, 3.8) is 0 Å². The van der Waals surface area contributed by atoms with Crippen LogP contribution in [0.5, 0.6) is 5.88 Å². The van der Waals surface area contributed by atoms with Gasteiger partial charge in [-0.05, 0) is 47.2 Å². The highest BCUT2D eigenvalue weighted by molar-refractivity contribution is 7.88. The first-order valence-electron chi connectivity index (χ1n) is 17.7. The standard InChI is InChI=1S/C20H20F4N2O7S.C19H21FN2O5/c1-10(2)16-15(18(27)31-3)14(11-5-7-12(21)8-6-11)13(9-25-19(28)32-4)17(26-16)33-34(29,30)20(22,23)24;1-10(2)16-15(18(24)26-3)14(11-5-7-12(20)8-6-11)13(17(23)22-16)9-21-19(25)27-4/h5-8,10H,9H2,1-4H3,(H,25,28);5-8,10H,9H2,1-4H3,(H,21,25)(H,22,23). The number of halogens is 5. The molecular formula is C39H41F5N4O12S. The zero-order valence-electron chi connectivity index (χ0n) is 33.8. The molecule has 4 aromatic rings. The molecule has 4 rings (SSSR count). The molecule has 0 bridgehead atoms. The fourth-order valence-corrected chi connectivity index (χ4v) is 6.08. The van der Waals surface area contributed by atoms with Crippen LogP contribution in [0.25, 0.3) is 22.3 Å². The van der Waals surface area contributed by atoms with Crippen molar-refractivity contribution in [3.05, 3.63) is 104 Å². The quantitative estimate of drug-likeness (QED) is 0.0438. The molecule has 3 N–H and O–H groups in total. The van der Waals surface area contributed by atoms with E-state index in [0.29, 0.717) is 11.3 Å². The maximum Gasteiger partial charge on any atom is 0.534 e. The van der Waals surface area contributed by atoms with E-state index in [0.717, 1.165) is 26.4 Å². The van der Waals surface area contributed by atoms with Crippen molar-refractivity contribution in [2.45, 2.75) is 58.1 Å². The van der Waals surface area contributed by atoms with E-state index in [1.165, 1.54) is 64.5 Å². The van der Waals surface area contributed by atoms with Gasteiger partial charge in [-0.2, -0.15) is 21.6 Å². The van der Waals surface area contributed by atoms with E-state index < -0.39 is 80.9 Å². The highest BCUT2D eigenvalue weighted by Crippen LogP contribution is 2.40. The van der Waals surface area contributed by atoms with Gasteiger partial charge in [-0.1, -0.05) is 52.0 Å². The lowest BCUT2D eigenvalue weighted by atomic mass is 9.90. The Morgan fingerprint density at radius 2 is 1.11 bits per heavy atom. The zero-order chi connectivity index (χ0) is 46.0. The second kappa shape index (κ2) is 20.6. The van der Waals surface area contributed by atoms with Crippen molar-refractivity contribution in [1.29, 1.82) is 0 Å². The van der Waals surface area contributed by atoms with Crippen molar-refractivity contribution in [3.8, 4) is 28.1 Å². The number of nitrogens with one attached hydrogen (secondary N) is 3. The summed E-state index contributed by atoms with van der Waals surface area (Å²) in [5.41, 5.74) is -5.73.